The fourth-order valence-electron chi connectivity index (χ4n) is 2.59. The molecule has 1 unspecified atom stereocenters. The van der Waals surface area contributed by atoms with Gasteiger partial charge in [0.1, 0.15) is 10.7 Å². The van der Waals surface area contributed by atoms with E-state index in [0.717, 1.165) is 32.0 Å². The quantitative estimate of drug-likeness (QED) is 0.900. The maximum absolute atomic E-state index is 13.7. The summed E-state index contributed by atoms with van der Waals surface area (Å²) in [4.78, 5) is 1.87. The molecule has 4 nitrogen and oxygen atoms in total. The highest BCUT2D eigenvalue weighted by Gasteiger charge is 2.23. The number of benzene rings is 1. The number of likely N-dealkylation sites (tertiary alicyclic amines) is 1. The molecule has 1 saturated heterocycles. The Balaban J connectivity index is 2.02. The summed E-state index contributed by atoms with van der Waals surface area (Å²) in [5.74, 6) is -0.833. The number of hydrogen-bond donors (Lipinski definition) is 1. The Bertz CT molecular complexity index is 589. The largest absolute Gasteiger partial charge is 0.302 e. The molecule has 1 aliphatic rings. The molecule has 0 aliphatic carbocycles. The summed E-state index contributed by atoms with van der Waals surface area (Å²) in [6.45, 7) is 4.40. The number of nitrogens with one attached hydrogen (secondary N) is 1. The average molecular weight is 335 g/mol. The predicted octanol–water partition coefficient (Wildman–Crippen LogP) is 2.63. The van der Waals surface area contributed by atoms with Gasteiger partial charge in [-0.2, -0.15) is 0 Å². The molecule has 1 fully saturated rings. The number of rotatable bonds is 5. The molecular formula is C14H20ClFN2O2S. The van der Waals surface area contributed by atoms with Crippen LogP contribution in [0, 0.1) is 5.82 Å². The van der Waals surface area contributed by atoms with E-state index in [1.807, 2.05) is 0 Å². The van der Waals surface area contributed by atoms with Gasteiger partial charge in [-0.25, -0.2) is 17.5 Å². The van der Waals surface area contributed by atoms with E-state index in [1.54, 1.807) is 6.92 Å². The molecule has 1 atom stereocenters. The zero-order valence-corrected chi connectivity index (χ0v) is 13.6. The highest BCUT2D eigenvalue weighted by atomic mass is 35.5. The molecule has 0 saturated carbocycles. The summed E-state index contributed by atoms with van der Waals surface area (Å²) in [7, 11) is -3.87. The van der Waals surface area contributed by atoms with Gasteiger partial charge in [-0.3, -0.25) is 0 Å². The van der Waals surface area contributed by atoms with Gasteiger partial charge in [0.2, 0.25) is 10.0 Å². The SMILES string of the molecule is CC(CN1CCCCC1)NS(=O)(=O)c1ccc(Cl)cc1F. The molecule has 1 aromatic carbocycles. The van der Waals surface area contributed by atoms with E-state index in [2.05, 4.69) is 9.62 Å². The highest BCUT2D eigenvalue weighted by molar-refractivity contribution is 7.89. The molecule has 1 N–H and O–H groups in total. The first-order valence-corrected chi connectivity index (χ1v) is 8.94. The van der Waals surface area contributed by atoms with E-state index in [9.17, 15) is 12.8 Å². The van der Waals surface area contributed by atoms with Crippen LogP contribution in [0.1, 0.15) is 26.2 Å². The van der Waals surface area contributed by atoms with Gasteiger partial charge >= 0.3 is 0 Å². The Morgan fingerprint density at radius 3 is 2.62 bits per heavy atom. The summed E-state index contributed by atoms with van der Waals surface area (Å²) >= 11 is 5.64. The minimum atomic E-state index is -3.87. The topological polar surface area (TPSA) is 49.4 Å². The van der Waals surface area contributed by atoms with Gasteiger partial charge in [0, 0.05) is 17.6 Å². The Morgan fingerprint density at radius 1 is 1.33 bits per heavy atom. The summed E-state index contributed by atoms with van der Waals surface area (Å²) in [6.07, 6.45) is 3.52. The first kappa shape index (κ1) is 16.7. The van der Waals surface area contributed by atoms with Crippen LogP contribution in [0.5, 0.6) is 0 Å². The molecule has 118 valence electrons. The number of piperidine rings is 1. The fourth-order valence-corrected chi connectivity index (χ4v) is 4.04. The van der Waals surface area contributed by atoms with Gasteiger partial charge in [-0.05, 0) is 51.1 Å². The van der Waals surface area contributed by atoms with Crippen molar-refractivity contribution < 1.29 is 12.8 Å². The minimum absolute atomic E-state index is 0.174. The third kappa shape index (κ3) is 4.64. The summed E-state index contributed by atoms with van der Waals surface area (Å²) in [5.41, 5.74) is 0. The van der Waals surface area contributed by atoms with Crippen LogP contribution < -0.4 is 4.72 Å². The van der Waals surface area contributed by atoms with Crippen molar-refractivity contribution in [2.24, 2.45) is 0 Å². The summed E-state index contributed by atoms with van der Waals surface area (Å²) in [5, 5.41) is 0.174. The second-order valence-corrected chi connectivity index (χ2v) is 7.58. The van der Waals surface area contributed by atoms with E-state index < -0.39 is 15.8 Å². The lowest BCUT2D eigenvalue weighted by atomic mass is 10.1. The van der Waals surface area contributed by atoms with Gasteiger partial charge in [-0.1, -0.05) is 18.0 Å². The molecule has 2 rings (SSSR count). The molecule has 0 amide bonds. The lowest BCUT2D eigenvalue weighted by molar-refractivity contribution is 0.215. The monoisotopic (exact) mass is 334 g/mol. The van der Waals surface area contributed by atoms with Crippen molar-refractivity contribution >= 4 is 21.6 Å². The van der Waals surface area contributed by atoms with E-state index in [0.29, 0.717) is 6.54 Å². The van der Waals surface area contributed by atoms with Crippen LogP contribution in [-0.4, -0.2) is 39.0 Å². The van der Waals surface area contributed by atoms with Crippen molar-refractivity contribution in [2.45, 2.75) is 37.1 Å². The van der Waals surface area contributed by atoms with E-state index in [4.69, 9.17) is 11.6 Å². The molecule has 0 bridgehead atoms. The Hall–Kier alpha value is -0.690. The average Bonchev–Trinajstić information content (AvgIpc) is 2.38. The number of halogens is 2. The first-order valence-electron chi connectivity index (χ1n) is 7.08. The summed E-state index contributed by atoms with van der Waals surface area (Å²) in [6, 6.07) is 3.29. The Labute approximate surface area is 130 Å². The third-order valence-electron chi connectivity index (χ3n) is 3.52. The Kier molecular flexibility index (Phi) is 5.60. The fraction of sp³-hybridized carbons (Fsp3) is 0.571. The second kappa shape index (κ2) is 7.05. The van der Waals surface area contributed by atoms with Crippen LogP contribution in [0.25, 0.3) is 0 Å². The van der Waals surface area contributed by atoms with Crippen molar-refractivity contribution in [3.05, 3.63) is 29.0 Å². The van der Waals surface area contributed by atoms with Crippen LogP contribution in [-0.2, 0) is 10.0 Å². The van der Waals surface area contributed by atoms with E-state index in [-0.39, 0.29) is 16.0 Å². The van der Waals surface area contributed by atoms with E-state index >= 15 is 0 Å². The van der Waals surface area contributed by atoms with Gasteiger partial charge in [0.25, 0.3) is 0 Å². The van der Waals surface area contributed by atoms with Crippen molar-refractivity contribution in [1.82, 2.24) is 9.62 Å². The van der Waals surface area contributed by atoms with Crippen LogP contribution in [0.3, 0.4) is 0 Å². The van der Waals surface area contributed by atoms with Crippen LogP contribution in [0.15, 0.2) is 23.1 Å². The molecule has 0 aromatic heterocycles. The maximum Gasteiger partial charge on any atom is 0.243 e. The molecule has 1 aromatic rings. The van der Waals surface area contributed by atoms with Crippen LogP contribution in [0.2, 0.25) is 5.02 Å². The maximum atomic E-state index is 13.7. The molecule has 1 heterocycles. The van der Waals surface area contributed by atoms with Gasteiger partial charge < -0.3 is 4.90 Å². The van der Waals surface area contributed by atoms with Crippen LogP contribution >= 0.6 is 11.6 Å². The minimum Gasteiger partial charge on any atom is -0.302 e. The number of nitrogens with zero attached hydrogens (tertiary/aromatic N) is 1. The smallest absolute Gasteiger partial charge is 0.243 e. The molecule has 0 spiro atoms. The van der Waals surface area contributed by atoms with Crippen molar-refractivity contribution in [2.75, 3.05) is 19.6 Å². The third-order valence-corrected chi connectivity index (χ3v) is 5.38. The molecule has 0 radical (unpaired) electrons. The standard InChI is InChI=1S/C14H20ClFN2O2S/c1-11(10-18-7-3-2-4-8-18)17-21(19,20)14-6-5-12(15)9-13(14)16/h5-6,9,11,17H,2-4,7-8,10H2,1H3. The number of sulfonamides is 1. The molecule has 1 aliphatic heterocycles. The molecule has 7 heteroatoms. The highest BCUT2D eigenvalue weighted by Crippen LogP contribution is 2.19. The number of hydrogen-bond acceptors (Lipinski definition) is 3. The van der Waals surface area contributed by atoms with Gasteiger partial charge in [0.05, 0.1) is 0 Å². The zero-order valence-electron chi connectivity index (χ0n) is 12.0. The normalized spacial score (nSPS) is 18.6. The van der Waals surface area contributed by atoms with Crippen molar-refractivity contribution in [3.8, 4) is 0 Å². The summed E-state index contributed by atoms with van der Waals surface area (Å²) < 4.78 is 40.7. The van der Waals surface area contributed by atoms with Crippen molar-refractivity contribution in [1.29, 1.82) is 0 Å². The lowest BCUT2D eigenvalue weighted by Gasteiger charge is -2.29. The Morgan fingerprint density at radius 2 is 2.00 bits per heavy atom. The first-order chi connectivity index (χ1) is 9.88. The van der Waals surface area contributed by atoms with Crippen LogP contribution in [0.4, 0.5) is 4.39 Å². The second-order valence-electron chi connectivity index (χ2n) is 5.46. The molecule has 21 heavy (non-hydrogen) atoms. The predicted molar refractivity (Wildman–Crippen MR) is 81.5 cm³/mol. The van der Waals surface area contributed by atoms with Gasteiger partial charge in [-0.15, -0.1) is 0 Å². The van der Waals surface area contributed by atoms with Crippen molar-refractivity contribution in [3.63, 3.8) is 0 Å². The lowest BCUT2D eigenvalue weighted by Crippen LogP contribution is -2.43. The zero-order chi connectivity index (χ0) is 15.5. The molecular weight excluding hydrogens is 315 g/mol. The van der Waals surface area contributed by atoms with E-state index in [1.165, 1.54) is 18.6 Å². The van der Waals surface area contributed by atoms with Gasteiger partial charge in [0.15, 0.2) is 0 Å².